The first-order valence-electron chi connectivity index (χ1n) is 5.61. The second kappa shape index (κ2) is 5.87. The van der Waals surface area contributed by atoms with Crippen molar-refractivity contribution in [3.05, 3.63) is 65.2 Å². The summed E-state index contributed by atoms with van der Waals surface area (Å²) in [4.78, 5) is 0. The first-order chi connectivity index (χ1) is 8.28. The van der Waals surface area contributed by atoms with Gasteiger partial charge in [-0.25, -0.2) is 0 Å². The van der Waals surface area contributed by atoms with Gasteiger partial charge in [0.05, 0.1) is 0 Å². The predicted molar refractivity (Wildman–Crippen MR) is 74.6 cm³/mol. The van der Waals surface area contributed by atoms with Crippen LogP contribution in [0.15, 0.2) is 48.5 Å². The SMILES string of the molecule is Cc1ccc(COc2cccc(CBr)c2)cc1. The monoisotopic (exact) mass is 290 g/mol. The highest BCUT2D eigenvalue weighted by Crippen LogP contribution is 2.17. The summed E-state index contributed by atoms with van der Waals surface area (Å²) in [5.41, 5.74) is 3.70. The Morgan fingerprint density at radius 2 is 1.76 bits per heavy atom. The van der Waals surface area contributed by atoms with Gasteiger partial charge in [0.2, 0.25) is 0 Å². The third kappa shape index (κ3) is 3.60. The summed E-state index contributed by atoms with van der Waals surface area (Å²) in [6.45, 7) is 2.70. The summed E-state index contributed by atoms with van der Waals surface area (Å²) >= 11 is 3.44. The molecule has 0 heterocycles. The zero-order valence-corrected chi connectivity index (χ0v) is 11.4. The van der Waals surface area contributed by atoms with E-state index < -0.39 is 0 Å². The van der Waals surface area contributed by atoms with Gasteiger partial charge in [0.15, 0.2) is 0 Å². The second-order valence-corrected chi connectivity index (χ2v) is 4.62. The minimum Gasteiger partial charge on any atom is -0.489 e. The molecule has 0 radical (unpaired) electrons. The number of ether oxygens (including phenoxy) is 1. The lowest BCUT2D eigenvalue weighted by molar-refractivity contribution is 0.306. The van der Waals surface area contributed by atoms with Gasteiger partial charge in [0.1, 0.15) is 12.4 Å². The molecule has 0 fully saturated rings. The Labute approximate surface area is 111 Å². The topological polar surface area (TPSA) is 9.23 Å². The van der Waals surface area contributed by atoms with Crippen LogP contribution in [-0.4, -0.2) is 0 Å². The van der Waals surface area contributed by atoms with E-state index >= 15 is 0 Å². The molecule has 0 aliphatic rings. The third-order valence-electron chi connectivity index (χ3n) is 2.58. The van der Waals surface area contributed by atoms with Gasteiger partial charge in [-0.15, -0.1) is 0 Å². The van der Waals surface area contributed by atoms with Crippen molar-refractivity contribution < 1.29 is 4.74 Å². The Balaban J connectivity index is 1.99. The first kappa shape index (κ1) is 12.2. The number of alkyl halides is 1. The lowest BCUT2D eigenvalue weighted by Crippen LogP contribution is -1.95. The van der Waals surface area contributed by atoms with Gasteiger partial charge in [-0.05, 0) is 30.2 Å². The molecule has 2 rings (SSSR count). The highest BCUT2D eigenvalue weighted by Gasteiger charge is 1.97. The summed E-state index contributed by atoms with van der Waals surface area (Å²) in [6.07, 6.45) is 0. The zero-order chi connectivity index (χ0) is 12.1. The van der Waals surface area contributed by atoms with Gasteiger partial charge in [-0.1, -0.05) is 57.9 Å². The van der Waals surface area contributed by atoms with Crippen LogP contribution in [0.5, 0.6) is 5.75 Å². The molecule has 1 nitrogen and oxygen atoms in total. The van der Waals surface area contributed by atoms with Crippen LogP contribution in [0.3, 0.4) is 0 Å². The summed E-state index contributed by atoms with van der Waals surface area (Å²) in [5, 5.41) is 0.856. The summed E-state index contributed by atoms with van der Waals surface area (Å²) < 4.78 is 5.75. The van der Waals surface area contributed by atoms with Crippen molar-refractivity contribution in [3.63, 3.8) is 0 Å². The minimum absolute atomic E-state index is 0.617. The van der Waals surface area contributed by atoms with E-state index in [0.717, 1.165) is 11.1 Å². The van der Waals surface area contributed by atoms with Crippen molar-refractivity contribution in [1.82, 2.24) is 0 Å². The van der Waals surface area contributed by atoms with E-state index in [-0.39, 0.29) is 0 Å². The van der Waals surface area contributed by atoms with Gasteiger partial charge in [-0.2, -0.15) is 0 Å². The van der Waals surface area contributed by atoms with Gasteiger partial charge in [0.25, 0.3) is 0 Å². The molecule has 0 spiro atoms. The number of hydrogen-bond donors (Lipinski definition) is 0. The molecule has 0 aliphatic heterocycles. The largest absolute Gasteiger partial charge is 0.489 e. The van der Waals surface area contributed by atoms with Crippen LogP contribution in [0, 0.1) is 6.92 Å². The Morgan fingerprint density at radius 3 is 2.47 bits per heavy atom. The molecule has 0 saturated carbocycles. The smallest absolute Gasteiger partial charge is 0.120 e. The van der Waals surface area contributed by atoms with Crippen LogP contribution >= 0.6 is 15.9 Å². The molecule has 0 aromatic heterocycles. The van der Waals surface area contributed by atoms with E-state index in [1.54, 1.807) is 0 Å². The highest BCUT2D eigenvalue weighted by molar-refractivity contribution is 9.08. The average molecular weight is 291 g/mol. The molecule has 0 aliphatic carbocycles. The molecule has 0 atom stereocenters. The molecule has 0 unspecified atom stereocenters. The van der Waals surface area contributed by atoms with E-state index in [1.807, 2.05) is 12.1 Å². The van der Waals surface area contributed by atoms with Crippen molar-refractivity contribution in [1.29, 1.82) is 0 Å². The van der Waals surface area contributed by atoms with Crippen LogP contribution in [-0.2, 0) is 11.9 Å². The Hall–Kier alpha value is -1.28. The summed E-state index contributed by atoms with van der Waals surface area (Å²) in [7, 11) is 0. The fourth-order valence-corrected chi connectivity index (χ4v) is 1.92. The van der Waals surface area contributed by atoms with Gasteiger partial charge >= 0.3 is 0 Å². The number of benzene rings is 2. The molecule has 0 bridgehead atoms. The van der Waals surface area contributed by atoms with Gasteiger partial charge < -0.3 is 4.74 Å². The molecular formula is C15H15BrO. The maximum atomic E-state index is 5.75. The van der Waals surface area contributed by atoms with Crippen LogP contribution in [0.25, 0.3) is 0 Å². The predicted octanol–water partition coefficient (Wildman–Crippen LogP) is 4.47. The molecular weight excluding hydrogens is 276 g/mol. The average Bonchev–Trinajstić information content (AvgIpc) is 2.38. The van der Waals surface area contributed by atoms with Crippen molar-refractivity contribution in [2.45, 2.75) is 18.9 Å². The maximum Gasteiger partial charge on any atom is 0.120 e. The van der Waals surface area contributed by atoms with E-state index in [1.165, 1.54) is 16.7 Å². The molecule has 0 amide bonds. The van der Waals surface area contributed by atoms with Gasteiger partial charge in [0, 0.05) is 5.33 Å². The first-order valence-corrected chi connectivity index (χ1v) is 6.73. The van der Waals surface area contributed by atoms with Crippen LogP contribution in [0.1, 0.15) is 16.7 Å². The Bertz CT molecular complexity index is 477. The number of rotatable bonds is 4. The Morgan fingerprint density at radius 1 is 1.00 bits per heavy atom. The van der Waals surface area contributed by atoms with Crippen LogP contribution in [0.4, 0.5) is 0 Å². The fourth-order valence-electron chi connectivity index (χ4n) is 1.57. The van der Waals surface area contributed by atoms with Crippen molar-refractivity contribution >= 4 is 15.9 Å². The Kier molecular flexibility index (Phi) is 4.21. The quantitative estimate of drug-likeness (QED) is 0.755. The minimum atomic E-state index is 0.617. The van der Waals surface area contributed by atoms with Crippen molar-refractivity contribution in [2.75, 3.05) is 0 Å². The standard InChI is InChI=1S/C15H15BrO/c1-12-5-7-13(8-6-12)11-17-15-4-2-3-14(9-15)10-16/h2-9H,10-11H2,1H3. The number of hydrogen-bond acceptors (Lipinski definition) is 1. The van der Waals surface area contributed by atoms with Gasteiger partial charge in [-0.3, -0.25) is 0 Å². The molecule has 2 aromatic rings. The van der Waals surface area contributed by atoms with Crippen LogP contribution < -0.4 is 4.74 Å². The van der Waals surface area contributed by atoms with Crippen LogP contribution in [0.2, 0.25) is 0 Å². The van der Waals surface area contributed by atoms with E-state index in [0.29, 0.717) is 6.61 Å². The molecule has 2 heteroatoms. The molecule has 2 aromatic carbocycles. The lowest BCUT2D eigenvalue weighted by atomic mass is 10.2. The zero-order valence-electron chi connectivity index (χ0n) is 9.82. The normalized spacial score (nSPS) is 10.2. The summed E-state index contributed by atoms with van der Waals surface area (Å²) in [6, 6.07) is 16.5. The van der Waals surface area contributed by atoms with E-state index in [9.17, 15) is 0 Å². The molecule has 0 N–H and O–H groups in total. The number of aryl methyl sites for hydroxylation is 1. The maximum absolute atomic E-state index is 5.75. The van der Waals surface area contributed by atoms with E-state index in [2.05, 4.69) is 59.3 Å². The second-order valence-electron chi connectivity index (χ2n) is 4.06. The molecule has 0 saturated heterocycles. The van der Waals surface area contributed by atoms with Crippen molar-refractivity contribution in [3.8, 4) is 5.75 Å². The fraction of sp³-hybridized carbons (Fsp3) is 0.200. The van der Waals surface area contributed by atoms with Crippen molar-refractivity contribution in [2.24, 2.45) is 0 Å². The van der Waals surface area contributed by atoms with E-state index in [4.69, 9.17) is 4.74 Å². The molecule has 17 heavy (non-hydrogen) atoms. The summed E-state index contributed by atoms with van der Waals surface area (Å²) in [5.74, 6) is 0.919. The molecule has 88 valence electrons. The third-order valence-corrected chi connectivity index (χ3v) is 3.23. The highest BCUT2D eigenvalue weighted by atomic mass is 79.9. The number of halogens is 1. The lowest BCUT2D eigenvalue weighted by Gasteiger charge is -2.07.